The van der Waals surface area contributed by atoms with Crippen LogP contribution in [0.4, 0.5) is 18.9 Å². The second-order valence-corrected chi connectivity index (χ2v) is 13.8. The molecule has 0 radical (unpaired) electrons. The van der Waals surface area contributed by atoms with Gasteiger partial charge >= 0.3 is 6.18 Å². The molecule has 0 aromatic heterocycles. The van der Waals surface area contributed by atoms with Crippen molar-refractivity contribution in [3.63, 3.8) is 0 Å². The zero-order valence-corrected chi connectivity index (χ0v) is 22.7. The van der Waals surface area contributed by atoms with Crippen LogP contribution in [0.3, 0.4) is 0 Å². The van der Waals surface area contributed by atoms with E-state index in [4.69, 9.17) is 0 Å². The third-order valence-corrected chi connectivity index (χ3v) is 12.3. The van der Waals surface area contributed by atoms with Crippen molar-refractivity contribution < 1.29 is 18.0 Å². The number of amides is 1. The minimum Gasteiger partial charge on any atom is -0.312 e. The van der Waals surface area contributed by atoms with Gasteiger partial charge in [0.15, 0.2) is 0 Å². The Morgan fingerprint density at radius 2 is 1.78 bits per heavy atom. The maximum Gasteiger partial charge on any atom is 0.416 e. The summed E-state index contributed by atoms with van der Waals surface area (Å²) in [5, 5.41) is 0. The number of carbonyl (C=O) groups excluding carboxylic acids is 1. The van der Waals surface area contributed by atoms with Crippen molar-refractivity contribution in [3.05, 3.63) is 29.3 Å². The molecule has 1 aliphatic heterocycles. The van der Waals surface area contributed by atoms with Gasteiger partial charge in [0.05, 0.1) is 5.56 Å². The number of anilines is 1. The van der Waals surface area contributed by atoms with Gasteiger partial charge in [-0.15, -0.1) is 0 Å². The number of halogens is 3. The van der Waals surface area contributed by atoms with Crippen LogP contribution in [0.2, 0.25) is 0 Å². The van der Waals surface area contributed by atoms with E-state index < -0.39 is 11.7 Å². The van der Waals surface area contributed by atoms with Crippen LogP contribution >= 0.6 is 0 Å². The van der Waals surface area contributed by atoms with Crippen LogP contribution in [-0.4, -0.2) is 12.5 Å². The fourth-order valence-corrected chi connectivity index (χ4v) is 10.3. The minimum atomic E-state index is -4.34. The number of hydrogen-bond donors (Lipinski definition) is 0. The molecule has 0 spiro atoms. The third kappa shape index (κ3) is 4.25. The number of rotatable bonds is 4. The molecule has 5 aliphatic rings. The molecular formula is C32H44F3NO. The molecule has 4 aliphatic carbocycles. The average molecular weight is 516 g/mol. The first-order valence-electron chi connectivity index (χ1n) is 15.1. The van der Waals surface area contributed by atoms with E-state index in [0.29, 0.717) is 47.4 Å². The van der Waals surface area contributed by atoms with E-state index in [2.05, 4.69) is 13.8 Å². The Labute approximate surface area is 220 Å². The summed E-state index contributed by atoms with van der Waals surface area (Å²) in [6.45, 7) is 5.73. The van der Waals surface area contributed by atoms with E-state index in [-0.39, 0.29) is 5.91 Å². The lowest BCUT2D eigenvalue weighted by atomic mass is 9.45. The molecule has 37 heavy (non-hydrogen) atoms. The summed E-state index contributed by atoms with van der Waals surface area (Å²) in [5.41, 5.74) is 1.71. The standard InChI is InChI=1S/C32H44F3NO/c1-30-17-4-3-6-22(30)9-12-25-26-13-10-23(31(26,2)18-15-27(25)30)7-5-8-29(37)36-19-16-21-20-24(32(33,34)35)11-14-28(21)36/h11,14,20,22-23,25-27H,3-10,12-13,15-19H2,1-2H3/t22?,23-,25?,26?,27?,30?,31?/m0/s1. The molecule has 6 unspecified atom stereocenters. The second-order valence-electron chi connectivity index (χ2n) is 13.8. The predicted octanol–water partition coefficient (Wildman–Crippen LogP) is 8.81. The summed E-state index contributed by atoms with van der Waals surface area (Å²) >= 11 is 0. The van der Waals surface area contributed by atoms with E-state index >= 15 is 0 Å². The molecule has 0 bridgehead atoms. The van der Waals surface area contributed by atoms with Crippen molar-refractivity contribution in [2.45, 2.75) is 110 Å². The van der Waals surface area contributed by atoms with E-state index in [1.807, 2.05) is 0 Å². The Hall–Kier alpha value is -1.52. The largest absolute Gasteiger partial charge is 0.416 e. The normalized spacial score (nSPS) is 39.1. The highest BCUT2D eigenvalue weighted by Gasteiger charge is 2.59. The number of nitrogens with zero attached hydrogens (tertiary/aromatic N) is 1. The first-order valence-corrected chi connectivity index (χ1v) is 15.1. The first-order chi connectivity index (χ1) is 17.6. The molecule has 5 heteroatoms. The zero-order chi connectivity index (χ0) is 26.0. The average Bonchev–Trinajstić information content (AvgIpc) is 3.43. The Kier molecular flexibility index (Phi) is 6.47. The summed E-state index contributed by atoms with van der Waals surface area (Å²) in [7, 11) is 0. The van der Waals surface area contributed by atoms with Crippen molar-refractivity contribution in [3.8, 4) is 0 Å². The summed E-state index contributed by atoms with van der Waals surface area (Å²) < 4.78 is 39.2. The maximum atomic E-state index is 13.1. The van der Waals surface area contributed by atoms with Gasteiger partial charge in [-0.25, -0.2) is 0 Å². The lowest BCUT2D eigenvalue weighted by Crippen LogP contribution is -2.52. The Morgan fingerprint density at radius 3 is 2.59 bits per heavy atom. The summed E-state index contributed by atoms with van der Waals surface area (Å²) in [5.74, 6) is 4.45. The van der Waals surface area contributed by atoms with Gasteiger partial charge < -0.3 is 4.90 Å². The van der Waals surface area contributed by atoms with Crippen molar-refractivity contribution in [1.29, 1.82) is 0 Å². The highest BCUT2D eigenvalue weighted by Crippen LogP contribution is 2.67. The Morgan fingerprint density at radius 1 is 0.973 bits per heavy atom. The van der Waals surface area contributed by atoms with Crippen LogP contribution in [-0.2, 0) is 17.4 Å². The molecular weight excluding hydrogens is 471 g/mol. The van der Waals surface area contributed by atoms with Crippen LogP contribution in [0.5, 0.6) is 0 Å². The molecule has 0 saturated heterocycles. The molecule has 0 N–H and O–H groups in total. The van der Waals surface area contributed by atoms with E-state index in [9.17, 15) is 18.0 Å². The van der Waals surface area contributed by atoms with Gasteiger partial charge in [0.1, 0.15) is 0 Å². The monoisotopic (exact) mass is 515 g/mol. The molecule has 6 rings (SSSR count). The molecule has 1 aromatic carbocycles. The van der Waals surface area contributed by atoms with Gasteiger partial charge in [-0.3, -0.25) is 4.79 Å². The molecule has 1 heterocycles. The van der Waals surface area contributed by atoms with E-state index in [1.54, 1.807) is 4.90 Å². The lowest BCUT2D eigenvalue weighted by molar-refractivity contribution is -0.137. The smallest absolute Gasteiger partial charge is 0.312 e. The van der Waals surface area contributed by atoms with Gasteiger partial charge in [0.2, 0.25) is 5.91 Å². The van der Waals surface area contributed by atoms with Crippen LogP contribution in [0.15, 0.2) is 18.2 Å². The SMILES string of the molecule is CC12CCCCC1CCC1C2CCC2(C)C1CC[C@@H]2CCCC(=O)N1CCc2cc(C(F)(F)F)ccc21. The number of hydrogen-bond acceptors (Lipinski definition) is 1. The summed E-state index contributed by atoms with van der Waals surface area (Å²) in [6, 6.07) is 3.83. The Bertz CT molecular complexity index is 1040. The van der Waals surface area contributed by atoms with Gasteiger partial charge in [-0.05, 0) is 135 Å². The number of benzene rings is 1. The topological polar surface area (TPSA) is 20.3 Å². The van der Waals surface area contributed by atoms with Gasteiger partial charge in [0.25, 0.3) is 0 Å². The van der Waals surface area contributed by atoms with Crippen molar-refractivity contribution in [1.82, 2.24) is 0 Å². The first kappa shape index (κ1) is 25.7. The number of fused-ring (bicyclic) bond motifs is 6. The molecule has 2 nitrogen and oxygen atoms in total. The quantitative estimate of drug-likeness (QED) is 0.392. The number of carbonyl (C=O) groups is 1. The Balaban J connectivity index is 1.06. The fourth-order valence-electron chi connectivity index (χ4n) is 10.3. The molecule has 204 valence electrons. The van der Waals surface area contributed by atoms with Crippen LogP contribution < -0.4 is 4.90 Å². The van der Waals surface area contributed by atoms with Crippen LogP contribution in [0, 0.1) is 40.4 Å². The minimum absolute atomic E-state index is 0.0745. The van der Waals surface area contributed by atoms with Crippen molar-refractivity contribution in [2.24, 2.45) is 40.4 Å². The molecule has 1 aromatic rings. The summed E-state index contributed by atoms with van der Waals surface area (Å²) in [4.78, 5) is 14.8. The molecule has 1 amide bonds. The highest BCUT2D eigenvalue weighted by atomic mass is 19.4. The van der Waals surface area contributed by atoms with Crippen LogP contribution in [0.1, 0.15) is 108 Å². The highest BCUT2D eigenvalue weighted by molar-refractivity contribution is 5.95. The lowest BCUT2D eigenvalue weighted by Gasteiger charge is -2.60. The second kappa shape index (κ2) is 9.30. The third-order valence-electron chi connectivity index (χ3n) is 12.3. The van der Waals surface area contributed by atoms with E-state index in [1.165, 1.54) is 76.3 Å². The van der Waals surface area contributed by atoms with Crippen molar-refractivity contribution in [2.75, 3.05) is 11.4 Å². The van der Waals surface area contributed by atoms with Crippen LogP contribution in [0.25, 0.3) is 0 Å². The maximum absolute atomic E-state index is 13.1. The van der Waals surface area contributed by atoms with Crippen molar-refractivity contribution >= 4 is 11.6 Å². The zero-order valence-electron chi connectivity index (χ0n) is 22.7. The predicted molar refractivity (Wildman–Crippen MR) is 141 cm³/mol. The van der Waals surface area contributed by atoms with Gasteiger partial charge in [-0.1, -0.05) is 26.7 Å². The van der Waals surface area contributed by atoms with E-state index in [0.717, 1.165) is 42.6 Å². The van der Waals surface area contributed by atoms with Gasteiger partial charge in [-0.2, -0.15) is 13.2 Å². The molecule has 4 saturated carbocycles. The fraction of sp³-hybridized carbons (Fsp3) is 0.781. The van der Waals surface area contributed by atoms with Gasteiger partial charge in [0, 0.05) is 18.7 Å². The summed E-state index contributed by atoms with van der Waals surface area (Å²) in [6.07, 6.45) is 12.8. The number of alkyl halides is 3. The molecule has 7 atom stereocenters. The molecule has 4 fully saturated rings.